The van der Waals surface area contributed by atoms with E-state index in [0.717, 1.165) is 56.4 Å². The zero-order valence-corrected chi connectivity index (χ0v) is 15.9. The molecule has 0 atom stereocenters. The minimum absolute atomic E-state index is 0.747. The maximum atomic E-state index is 5.21. The largest absolute Gasteiger partial charge is 0.497 e. The van der Waals surface area contributed by atoms with Crippen molar-refractivity contribution >= 4 is 0 Å². The lowest BCUT2D eigenvalue weighted by atomic mass is 10.1. The van der Waals surface area contributed by atoms with Gasteiger partial charge in [-0.3, -0.25) is 4.90 Å². The monoisotopic (exact) mass is 363 g/mol. The Morgan fingerprint density at radius 2 is 1.93 bits per heavy atom. The molecule has 4 rings (SSSR count). The van der Waals surface area contributed by atoms with Crippen molar-refractivity contribution < 1.29 is 4.74 Å². The smallest absolute Gasteiger partial charge is 0.132 e. The van der Waals surface area contributed by atoms with Gasteiger partial charge in [-0.1, -0.05) is 12.1 Å². The zero-order valence-electron chi connectivity index (χ0n) is 15.9. The topological polar surface area (TPSA) is 56.1 Å². The number of benzene rings is 1. The van der Waals surface area contributed by atoms with Crippen LogP contribution in [0.25, 0.3) is 0 Å². The highest BCUT2D eigenvalue weighted by Crippen LogP contribution is 2.21. The average Bonchev–Trinajstić information content (AvgIpc) is 3.28. The number of aryl methyl sites for hydroxylation is 2. The molecule has 0 saturated heterocycles. The highest BCUT2D eigenvalue weighted by atomic mass is 16.5. The van der Waals surface area contributed by atoms with Crippen LogP contribution in [0.4, 0.5) is 0 Å². The molecule has 140 valence electrons. The molecule has 2 aromatic heterocycles. The fraction of sp³-hybridized carbons (Fsp3) is 0.381. The summed E-state index contributed by atoms with van der Waals surface area (Å²) < 4.78 is 7.42. The molecule has 0 fully saturated rings. The molecular weight excluding hydrogens is 338 g/mol. The van der Waals surface area contributed by atoms with Crippen molar-refractivity contribution in [1.29, 1.82) is 0 Å². The summed E-state index contributed by atoms with van der Waals surface area (Å²) in [6.45, 7) is 5.97. The third kappa shape index (κ3) is 4.17. The van der Waals surface area contributed by atoms with Gasteiger partial charge in [0.25, 0.3) is 0 Å². The Bertz CT molecular complexity index is 903. The van der Waals surface area contributed by atoms with Gasteiger partial charge < -0.3 is 9.30 Å². The molecular formula is C21H25N5O. The van der Waals surface area contributed by atoms with E-state index in [1.165, 1.54) is 16.8 Å². The highest BCUT2D eigenvalue weighted by Gasteiger charge is 2.20. The lowest BCUT2D eigenvalue weighted by Gasteiger charge is -2.14. The second-order valence-electron chi connectivity index (χ2n) is 7.02. The first-order valence-corrected chi connectivity index (χ1v) is 9.38. The molecule has 0 bridgehead atoms. The normalized spacial score (nSPS) is 13.7. The first-order chi connectivity index (χ1) is 13.2. The van der Waals surface area contributed by atoms with E-state index >= 15 is 0 Å². The lowest BCUT2D eigenvalue weighted by Crippen LogP contribution is -2.19. The Morgan fingerprint density at radius 1 is 1.07 bits per heavy atom. The maximum Gasteiger partial charge on any atom is 0.132 e. The molecule has 0 radical (unpaired) electrons. The molecule has 27 heavy (non-hydrogen) atoms. The van der Waals surface area contributed by atoms with E-state index < -0.39 is 0 Å². The fourth-order valence-corrected chi connectivity index (χ4v) is 3.53. The summed E-state index contributed by atoms with van der Waals surface area (Å²) in [6, 6.07) is 8.10. The molecule has 0 unspecified atom stereocenters. The molecule has 1 aliphatic heterocycles. The SMILES string of the molecule is COc1ccc(Cc2ncc3c(n2)CN(CCCn2ccnc2C)C3)cc1. The van der Waals surface area contributed by atoms with Crippen molar-refractivity contribution in [2.45, 2.75) is 39.4 Å². The quantitative estimate of drug-likeness (QED) is 0.646. The lowest BCUT2D eigenvalue weighted by molar-refractivity contribution is 0.272. The molecule has 6 heteroatoms. The van der Waals surface area contributed by atoms with E-state index in [1.54, 1.807) is 7.11 Å². The molecule has 1 aliphatic rings. The molecule has 0 spiro atoms. The number of imidazole rings is 1. The van der Waals surface area contributed by atoms with Gasteiger partial charge in [-0.25, -0.2) is 15.0 Å². The molecule has 0 saturated carbocycles. The summed E-state index contributed by atoms with van der Waals surface area (Å²) in [6.07, 6.45) is 7.77. The first kappa shape index (κ1) is 17.7. The maximum absolute atomic E-state index is 5.21. The van der Waals surface area contributed by atoms with Crippen LogP contribution in [0.2, 0.25) is 0 Å². The molecule has 3 heterocycles. The molecule has 0 N–H and O–H groups in total. The van der Waals surface area contributed by atoms with E-state index in [4.69, 9.17) is 9.72 Å². The molecule has 0 amide bonds. The van der Waals surface area contributed by atoms with Crippen LogP contribution < -0.4 is 4.74 Å². The van der Waals surface area contributed by atoms with Crippen LogP contribution in [0.3, 0.4) is 0 Å². The van der Waals surface area contributed by atoms with Crippen molar-refractivity contribution in [2.24, 2.45) is 0 Å². The third-order valence-electron chi connectivity index (χ3n) is 5.09. The second-order valence-corrected chi connectivity index (χ2v) is 7.02. The number of fused-ring (bicyclic) bond motifs is 1. The molecule has 6 nitrogen and oxygen atoms in total. The van der Waals surface area contributed by atoms with E-state index in [-0.39, 0.29) is 0 Å². The van der Waals surface area contributed by atoms with Crippen LogP contribution in [0.5, 0.6) is 5.75 Å². The van der Waals surface area contributed by atoms with Gasteiger partial charge in [0.15, 0.2) is 0 Å². The molecule has 1 aromatic carbocycles. The Labute approximate surface area is 159 Å². The number of rotatable bonds is 7. The van der Waals surface area contributed by atoms with Gasteiger partial charge in [-0.05, 0) is 31.0 Å². The van der Waals surface area contributed by atoms with Crippen LogP contribution in [0, 0.1) is 6.92 Å². The van der Waals surface area contributed by atoms with Gasteiger partial charge in [0.1, 0.15) is 17.4 Å². The van der Waals surface area contributed by atoms with Crippen molar-refractivity contribution in [3.05, 3.63) is 71.3 Å². The summed E-state index contributed by atoms with van der Waals surface area (Å²) in [5, 5.41) is 0. The summed E-state index contributed by atoms with van der Waals surface area (Å²) >= 11 is 0. The number of hydrogen-bond donors (Lipinski definition) is 0. The van der Waals surface area contributed by atoms with Gasteiger partial charge in [0, 0.05) is 56.8 Å². The Kier molecular flexibility index (Phi) is 5.16. The zero-order chi connectivity index (χ0) is 18.6. The minimum atomic E-state index is 0.747. The van der Waals surface area contributed by atoms with Crippen LogP contribution in [0.15, 0.2) is 42.9 Å². The first-order valence-electron chi connectivity index (χ1n) is 9.38. The number of methoxy groups -OCH3 is 1. The van der Waals surface area contributed by atoms with Crippen LogP contribution in [-0.2, 0) is 26.1 Å². The van der Waals surface area contributed by atoms with Gasteiger partial charge >= 0.3 is 0 Å². The van der Waals surface area contributed by atoms with Crippen molar-refractivity contribution in [3.63, 3.8) is 0 Å². The number of nitrogens with zero attached hydrogens (tertiary/aromatic N) is 5. The van der Waals surface area contributed by atoms with Gasteiger partial charge in [-0.15, -0.1) is 0 Å². The predicted octanol–water partition coefficient (Wildman–Crippen LogP) is 2.99. The van der Waals surface area contributed by atoms with E-state index in [9.17, 15) is 0 Å². The number of ether oxygens (including phenoxy) is 1. The number of aromatic nitrogens is 4. The van der Waals surface area contributed by atoms with Gasteiger partial charge in [0.05, 0.1) is 12.8 Å². The molecule has 3 aromatic rings. The van der Waals surface area contributed by atoms with Crippen LogP contribution in [0.1, 0.15) is 34.9 Å². The highest BCUT2D eigenvalue weighted by molar-refractivity contribution is 5.29. The van der Waals surface area contributed by atoms with Crippen LogP contribution in [-0.4, -0.2) is 38.1 Å². The van der Waals surface area contributed by atoms with Crippen molar-refractivity contribution in [2.75, 3.05) is 13.7 Å². The standard InChI is InChI=1S/C21H25N5O/c1-16-22-8-11-26(16)10-3-9-25-14-18-13-23-21(24-20(18)15-25)12-17-4-6-19(27-2)7-5-17/h4-8,11,13H,3,9-10,12,14-15H2,1-2H3. The minimum Gasteiger partial charge on any atom is -0.497 e. The summed E-state index contributed by atoms with van der Waals surface area (Å²) in [7, 11) is 1.68. The summed E-state index contributed by atoms with van der Waals surface area (Å²) in [5.74, 6) is 2.83. The predicted molar refractivity (Wildman–Crippen MR) is 104 cm³/mol. The van der Waals surface area contributed by atoms with E-state index in [1.807, 2.05) is 37.6 Å². The van der Waals surface area contributed by atoms with Gasteiger partial charge in [0.2, 0.25) is 0 Å². The average molecular weight is 363 g/mol. The Hall–Kier alpha value is -2.73. The van der Waals surface area contributed by atoms with Gasteiger partial charge in [-0.2, -0.15) is 0 Å². The Balaban J connectivity index is 1.33. The number of hydrogen-bond acceptors (Lipinski definition) is 5. The van der Waals surface area contributed by atoms with Crippen molar-refractivity contribution in [3.8, 4) is 5.75 Å². The van der Waals surface area contributed by atoms with E-state index in [2.05, 4.69) is 31.6 Å². The molecule has 0 aliphatic carbocycles. The summed E-state index contributed by atoms with van der Waals surface area (Å²) in [4.78, 5) is 16.1. The fourth-order valence-electron chi connectivity index (χ4n) is 3.53. The Morgan fingerprint density at radius 3 is 2.67 bits per heavy atom. The third-order valence-corrected chi connectivity index (χ3v) is 5.09. The van der Waals surface area contributed by atoms with E-state index in [0.29, 0.717) is 0 Å². The summed E-state index contributed by atoms with van der Waals surface area (Å²) in [5.41, 5.74) is 3.63. The van der Waals surface area contributed by atoms with Crippen LogP contribution >= 0.6 is 0 Å². The second kappa shape index (κ2) is 7.88. The van der Waals surface area contributed by atoms with Crippen molar-refractivity contribution in [1.82, 2.24) is 24.4 Å².